The van der Waals surface area contributed by atoms with Crippen molar-refractivity contribution >= 4 is 34.2 Å². The predicted octanol–water partition coefficient (Wildman–Crippen LogP) is 2.05. The number of thioether (sulfide) groups is 1. The van der Waals surface area contributed by atoms with Crippen LogP contribution in [0.15, 0.2) is 35.5 Å². The highest BCUT2D eigenvalue weighted by Gasteiger charge is 2.12. The van der Waals surface area contributed by atoms with Gasteiger partial charge in [-0.3, -0.25) is 9.20 Å². The van der Waals surface area contributed by atoms with Crippen molar-refractivity contribution in [1.29, 1.82) is 0 Å². The lowest BCUT2D eigenvalue weighted by Gasteiger charge is -2.07. The van der Waals surface area contributed by atoms with E-state index in [0.29, 0.717) is 18.9 Å². The standard InChI is InChI=1S/C16H18N4O2S/c1-11-9-14-18-19-16(23-10-15(21)17-7-8-22-2)20(14)13-6-4-3-5-12(11)13/h3-6,9H,7-8,10H2,1-2H3,(H,17,21). The van der Waals surface area contributed by atoms with Gasteiger partial charge in [0.1, 0.15) is 0 Å². The van der Waals surface area contributed by atoms with E-state index < -0.39 is 0 Å². The zero-order chi connectivity index (χ0) is 16.2. The number of para-hydroxylation sites is 1. The summed E-state index contributed by atoms with van der Waals surface area (Å²) >= 11 is 1.38. The summed E-state index contributed by atoms with van der Waals surface area (Å²) in [5.41, 5.74) is 3.01. The average molecular weight is 330 g/mol. The average Bonchev–Trinajstić information content (AvgIpc) is 2.96. The molecule has 1 aromatic carbocycles. The van der Waals surface area contributed by atoms with E-state index in [1.165, 1.54) is 11.8 Å². The van der Waals surface area contributed by atoms with Crippen LogP contribution >= 0.6 is 11.8 Å². The van der Waals surface area contributed by atoms with Crippen molar-refractivity contribution in [3.05, 3.63) is 35.9 Å². The first kappa shape index (κ1) is 15.8. The van der Waals surface area contributed by atoms with Crippen LogP contribution in [0.2, 0.25) is 0 Å². The maximum atomic E-state index is 11.8. The van der Waals surface area contributed by atoms with Gasteiger partial charge < -0.3 is 10.1 Å². The Kier molecular flexibility index (Phi) is 4.78. The first-order valence-electron chi connectivity index (χ1n) is 7.32. The zero-order valence-corrected chi connectivity index (χ0v) is 13.9. The van der Waals surface area contributed by atoms with E-state index in [9.17, 15) is 4.79 Å². The summed E-state index contributed by atoms with van der Waals surface area (Å²) in [5.74, 6) is 0.257. The Morgan fingerprint density at radius 3 is 3.00 bits per heavy atom. The second kappa shape index (κ2) is 6.97. The van der Waals surface area contributed by atoms with Gasteiger partial charge in [0.15, 0.2) is 10.8 Å². The molecule has 0 unspecified atom stereocenters. The number of aryl methyl sites for hydroxylation is 1. The van der Waals surface area contributed by atoms with Gasteiger partial charge in [0, 0.05) is 19.0 Å². The Hall–Kier alpha value is -2.12. The highest BCUT2D eigenvalue weighted by molar-refractivity contribution is 7.99. The number of rotatable bonds is 6. The van der Waals surface area contributed by atoms with Crippen molar-refractivity contribution < 1.29 is 9.53 Å². The van der Waals surface area contributed by atoms with Crippen molar-refractivity contribution in [3.8, 4) is 0 Å². The van der Waals surface area contributed by atoms with Crippen LogP contribution in [0.3, 0.4) is 0 Å². The van der Waals surface area contributed by atoms with Crippen molar-refractivity contribution in [1.82, 2.24) is 19.9 Å². The molecule has 0 aliphatic rings. The molecule has 0 saturated heterocycles. The number of methoxy groups -OCH3 is 1. The normalized spacial score (nSPS) is 11.2. The summed E-state index contributed by atoms with van der Waals surface area (Å²) in [4.78, 5) is 11.8. The molecule has 0 bridgehead atoms. The van der Waals surface area contributed by atoms with Crippen LogP contribution in [-0.2, 0) is 9.53 Å². The summed E-state index contributed by atoms with van der Waals surface area (Å²) in [6, 6.07) is 10.1. The third-order valence-corrected chi connectivity index (χ3v) is 4.46. The maximum absolute atomic E-state index is 11.8. The Bertz CT molecular complexity index is 847. The third-order valence-electron chi connectivity index (χ3n) is 3.53. The minimum absolute atomic E-state index is 0.0415. The van der Waals surface area contributed by atoms with E-state index in [1.807, 2.05) is 28.7 Å². The minimum Gasteiger partial charge on any atom is -0.383 e. The smallest absolute Gasteiger partial charge is 0.230 e. The van der Waals surface area contributed by atoms with Crippen LogP contribution in [0.1, 0.15) is 5.56 Å². The quantitative estimate of drug-likeness (QED) is 0.553. The maximum Gasteiger partial charge on any atom is 0.230 e. The fraction of sp³-hybridized carbons (Fsp3) is 0.312. The van der Waals surface area contributed by atoms with E-state index in [-0.39, 0.29) is 5.91 Å². The molecular formula is C16H18N4O2S. The van der Waals surface area contributed by atoms with Gasteiger partial charge >= 0.3 is 0 Å². The van der Waals surface area contributed by atoms with E-state index in [1.54, 1.807) is 7.11 Å². The molecule has 1 N–H and O–H groups in total. The highest BCUT2D eigenvalue weighted by Crippen LogP contribution is 2.25. The molecule has 0 spiro atoms. The lowest BCUT2D eigenvalue weighted by Crippen LogP contribution is -2.28. The van der Waals surface area contributed by atoms with Crippen molar-refractivity contribution in [2.24, 2.45) is 0 Å². The number of carbonyl (C=O) groups excluding carboxylic acids is 1. The van der Waals surface area contributed by atoms with Crippen molar-refractivity contribution in [3.63, 3.8) is 0 Å². The molecule has 0 fully saturated rings. The first-order chi connectivity index (χ1) is 11.2. The van der Waals surface area contributed by atoms with Crippen molar-refractivity contribution in [2.75, 3.05) is 26.0 Å². The number of amides is 1. The van der Waals surface area contributed by atoms with Crippen LogP contribution in [0.4, 0.5) is 0 Å². The lowest BCUT2D eigenvalue weighted by atomic mass is 10.1. The summed E-state index contributed by atoms with van der Waals surface area (Å²) in [5, 5.41) is 13.1. The molecule has 3 aromatic rings. The Morgan fingerprint density at radius 2 is 2.17 bits per heavy atom. The minimum atomic E-state index is -0.0415. The SMILES string of the molecule is COCCNC(=O)CSc1nnc2cc(C)c3ccccc3n12. The molecule has 6 nitrogen and oxygen atoms in total. The molecular weight excluding hydrogens is 312 g/mol. The van der Waals surface area contributed by atoms with E-state index in [2.05, 4.69) is 28.5 Å². The number of carbonyl (C=O) groups is 1. The monoisotopic (exact) mass is 330 g/mol. The first-order valence-corrected chi connectivity index (χ1v) is 8.31. The largest absolute Gasteiger partial charge is 0.383 e. The van der Waals surface area contributed by atoms with Crippen LogP contribution in [0.25, 0.3) is 16.6 Å². The second-order valence-electron chi connectivity index (χ2n) is 5.15. The Morgan fingerprint density at radius 1 is 1.35 bits per heavy atom. The zero-order valence-electron chi connectivity index (χ0n) is 13.1. The summed E-state index contributed by atoms with van der Waals surface area (Å²) in [6.07, 6.45) is 0. The van der Waals surface area contributed by atoms with Gasteiger partial charge in [-0.2, -0.15) is 0 Å². The van der Waals surface area contributed by atoms with E-state index in [4.69, 9.17) is 4.74 Å². The number of nitrogens with one attached hydrogen (secondary N) is 1. The molecule has 2 heterocycles. The van der Waals surface area contributed by atoms with Crippen LogP contribution in [-0.4, -0.2) is 46.5 Å². The van der Waals surface area contributed by atoms with Crippen molar-refractivity contribution in [2.45, 2.75) is 12.1 Å². The molecule has 7 heteroatoms. The Labute approximate surface area is 138 Å². The lowest BCUT2D eigenvalue weighted by molar-refractivity contribution is -0.118. The number of fused-ring (bicyclic) bond motifs is 3. The van der Waals surface area contributed by atoms with Crippen LogP contribution < -0.4 is 5.32 Å². The molecule has 3 rings (SSSR count). The van der Waals surface area contributed by atoms with E-state index in [0.717, 1.165) is 27.3 Å². The van der Waals surface area contributed by atoms with Gasteiger partial charge in [-0.05, 0) is 24.6 Å². The summed E-state index contributed by atoms with van der Waals surface area (Å²) in [7, 11) is 1.61. The number of ether oxygens (including phenoxy) is 1. The van der Waals surface area contributed by atoms with Gasteiger partial charge in [-0.15, -0.1) is 10.2 Å². The highest BCUT2D eigenvalue weighted by atomic mass is 32.2. The van der Waals surface area contributed by atoms with Gasteiger partial charge in [0.05, 0.1) is 17.9 Å². The topological polar surface area (TPSA) is 68.5 Å². The van der Waals surface area contributed by atoms with Gasteiger partial charge in [0.2, 0.25) is 5.91 Å². The molecule has 0 aliphatic carbocycles. The Balaban J connectivity index is 1.85. The molecule has 0 radical (unpaired) electrons. The molecule has 23 heavy (non-hydrogen) atoms. The predicted molar refractivity (Wildman–Crippen MR) is 90.8 cm³/mol. The number of pyridine rings is 1. The van der Waals surface area contributed by atoms with Gasteiger partial charge in [-0.25, -0.2) is 0 Å². The third kappa shape index (κ3) is 3.30. The van der Waals surface area contributed by atoms with Gasteiger partial charge in [-0.1, -0.05) is 30.0 Å². The number of hydrogen-bond acceptors (Lipinski definition) is 5. The summed E-state index contributed by atoms with van der Waals surface area (Å²) < 4.78 is 6.91. The molecule has 2 aromatic heterocycles. The number of aromatic nitrogens is 3. The fourth-order valence-corrected chi connectivity index (χ4v) is 3.22. The summed E-state index contributed by atoms with van der Waals surface area (Å²) in [6.45, 7) is 3.08. The molecule has 120 valence electrons. The van der Waals surface area contributed by atoms with Gasteiger partial charge in [0.25, 0.3) is 0 Å². The fourth-order valence-electron chi connectivity index (χ4n) is 2.44. The van der Waals surface area contributed by atoms with Crippen LogP contribution in [0.5, 0.6) is 0 Å². The molecule has 1 amide bonds. The molecule has 0 saturated carbocycles. The van der Waals surface area contributed by atoms with E-state index >= 15 is 0 Å². The number of benzene rings is 1. The second-order valence-corrected chi connectivity index (χ2v) is 6.09. The van der Waals surface area contributed by atoms with Crippen LogP contribution in [0, 0.1) is 6.92 Å². The molecule has 0 atom stereocenters. The number of hydrogen-bond donors (Lipinski definition) is 1. The number of nitrogens with zero attached hydrogens (tertiary/aromatic N) is 3. The molecule has 0 aliphatic heterocycles.